The topological polar surface area (TPSA) is 46.5 Å². The summed E-state index contributed by atoms with van der Waals surface area (Å²) >= 11 is 1.54. The standard InChI is InChI=1S/C15H19N3OS/c1-3-4-9-19-14-8-6-5-7-13(14)10-16-18-15-17-12(2)11-20-15/h5-8,10-11H,3-4,9H2,1-2H3,(H,17,18)/b16-10+. The third-order valence-corrected chi connectivity index (χ3v) is 3.52. The molecule has 106 valence electrons. The molecule has 0 bridgehead atoms. The van der Waals surface area contributed by atoms with Crippen LogP contribution in [0.5, 0.6) is 5.75 Å². The van der Waals surface area contributed by atoms with E-state index in [1.54, 1.807) is 6.21 Å². The predicted molar refractivity (Wildman–Crippen MR) is 84.9 cm³/mol. The number of hydrogen-bond donors (Lipinski definition) is 1. The van der Waals surface area contributed by atoms with Crippen LogP contribution in [0.25, 0.3) is 0 Å². The molecule has 0 fully saturated rings. The second-order valence-electron chi connectivity index (χ2n) is 4.40. The monoisotopic (exact) mass is 289 g/mol. The Hall–Kier alpha value is -1.88. The van der Waals surface area contributed by atoms with Gasteiger partial charge in [-0.3, -0.25) is 5.43 Å². The second-order valence-corrected chi connectivity index (χ2v) is 5.26. The van der Waals surface area contributed by atoms with Gasteiger partial charge in [-0.2, -0.15) is 5.10 Å². The van der Waals surface area contributed by atoms with Crippen LogP contribution >= 0.6 is 11.3 Å². The molecular formula is C15H19N3OS. The number of rotatable bonds is 7. The Morgan fingerprint density at radius 2 is 2.25 bits per heavy atom. The predicted octanol–water partition coefficient (Wildman–Crippen LogP) is 4.08. The van der Waals surface area contributed by atoms with Crippen LogP contribution in [0.3, 0.4) is 0 Å². The highest BCUT2D eigenvalue weighted by Gasteiger charge is 2.00. The molecule has 0 saturated carbocycles. The lowest BCUT2D eigenvalue weighted by Gasteiger charge is -2.07. The number of hydrazone groups is 1. The average Bonchev–Trinajstić information content (AvgIpc) is 2.86. The van der Waals surface area contributed by atoms with Gasteiger partial charge in [-0.15, -0.1) is 11.3 Å². The van der Waals surface area contributed by atoms with Gasteiger partial charge in [0.15, 0.2) is 0 Å². The summed E-state index contributed by atoms with van der Waals surface area (Å²) in [5, 5.41) is 6.99. The molecule has 0 aliphatic heterocycles. The van der Waals surface area contributed by atoms with Gasteiger partial charge in [0.05, 0.1) is 18.5 Å². The molecular weight excluding hydrogens is 270 g/mol. The van der Waals surface area contributed by atoms with Crippen LogP contribution < -0.4 is 10.2 Å². The smallest absolute Gasteiger partial charge is 0.203 e. The zero-order valence-corrected chi connectivity index (χ0v) is 12.6. The fraction of sp³-hybridized carbons (Fsp3) is 0.333. The summed E-state index contributed by atoms with van der Waals surface area (Å²) in [6, 6.07) is 7.89. The van der Waals surface area contributed by atoms with Crippen molar-refractivity contribution >= 4 is 22.7 Å². The number of aromatic nitrogens is 1. The third-order valence-electron chi connectivity index (χ3n) is 2.66. The van der Waals surface area contributed by atoms with E-state index in [1.807, 2.05) is 36.6 Å². The molecule has 1 aromatic carbocycles. The molecule has 1 heterocycles. The zero-order valence-electron chi connectivity index (χ0n) is 11.8. The highest BCUT2D eigenvalue weighted by molar-refractivity contribution is 7.13. The maximum absolute atomic E-state index is 5.75. The Morgan fingerprint density at radius 3 is 3.00 bits per heavy atom. The summed E-state index contributed by atoms with van der Waals surface area (Å²) in [5.74, 6) is 0.863. The van der Waals surface area contributed by atoms with Crippen molar-refractivity contribution in [2.75, 3.05) is 12.0 Å². The summed E-state index contributed by atoms with van der Waals surface area (Å²) in [7, 11) is 0. The number of anilines is 1. The van der Waals surface area contributed by atoms with E-state index < -0.39 is 0 Å². The van der Waals surface area contributed by atoms with Crippen LogP contribution in [-0.2, 0) is 0 Å². The molecule has 0 atom stereocenters. The number of hydrogen-bond acceptors (Lipinski definition) is 5. The van der Waals surface area contributed by atoms with Gasteiger partial charge in [-0.1, -0.05) is 25.5 Å². The maximum Gasteiger partial charge on any atom is 0.203 e. The van der Waals surface area contributed by atoms with Gasteiger partial charge >= 0.3 is 0 Å². The molecule has 4 nitrogen and oxygen atoms in total. The largest absolute Gasteiger partial charge is 0.493 e. The van der Waals surface area contributed by atoms with Crippen LogP contribution in [0.2, 0.25) is 0 Å². The normalized spacial score (nSPS) is 10.9. The fourth-order valence-corrected chi connectivity index (χ4v) is 2.24. The van der Waals surface area contributed by atoms with E-state index in [0.717, 1.165) is 41.6 Å². The highest BCUT2D eigenvalue weighted by atomic mass is 32.1. The van der Waals surface area contributed by atoms with Gasteiger partial charge < -0.3 is 4.74 Å². The molecule has 20 heavy (non-hydrogen) atoms. The third kappa shape index (κ3) is 4.35. The van der Waals surface area contributed by atoms with E-state index in [4.69, 9.17) is 4.74 Å². The zero-order chi connectivity index (χ0) is 14.2. The van der Waals surface area contributed by atoms with Crippen molar-refractivity contribution in [3.05, 3.63) is 40.9 Å². The highest BCUT2D eigenvalue weighted by Crippen LogP contribution is 2.17. The van der Waals surface area contributed by atoms with Gasteiger partial charge in [0, 0.05) is 10.9 Å². The first-order valence-electron chi connectivity index (χ1n) is 6.72. The average molecular weight is 289 g/mol. The van der Waals surface area contributed by atoms with Crippen molar-refractivity contribution < 1.29 is 4.74 Å². The molecule has 0 unspecified atom stereocenters. The molecule has 1 aromatic heterocycles. The lowest BCUT2D eigenvalue weighted by molar-refractivity contribution is 0.309. The number of para-hydroxylation sites is 1. The van der Waals surface area contributed by atoms with Crippen molar-refractivity contribution in [1.82, 2.24) is 4.98 Å². The molecule has 0 aliphatic carbocycles. The Balaban J connectivity index is 1.97. The second kappa shape index (κ2) is 7.65. The number of thiazole rings is 1. The number of nitrogens with zero attached hydrogens (tertiary/aromatic N) is 2. The Kier molecular flexibility index (Phi) is 5.55. The number of ether oxygens (including phenoxy) is 1. The molecule has 0 aliphatic rings. The molecule has 0 amide bonds. The molecule has 2 rings (SSSR count). The fourth-order valence-electron chi connectivity index (χ4n) is 1.61. The van der Waals surface area contributed by atoms with E-state index in [1.165, 1.54) is 11.3 Å². The number of unbranched alkanes of at least 4 members (excludes halogenated alkanes) is 1. The van der Waals surface area contributed by atoms with E-state index >= 15 is 0 Å². The van der Waals surface area contributed by atoms with Gasteiger partial charge in [0.1, 0.15) is 5.75 Å². The Bertz CT molecular complexity index is 566. The number of benzene rings is 1. The van der Waals surface area contributed by atoms with Crippen LogP contribution in [0.15, 0.2) is 34.7 Å². The van der Waals surface area contributed by atoms with E-state index in [-0.39, 0.29) is 0 Å². The SMILES string of the molecule is CCCCOc1ccccc1/C=N/Nc1nc(C)cs1. The summed E-state index contributed by atoms with van der Waals surface area (Å²) in [4.78, 5) is 4.29. The molecule has 5 heteroatoms. The lowest BCUT2D eigenvalue weighted by Crippen LogP contribution is -2.00. The quantitative estimate of drug-likeness (QED) is 0.474. The Labute approximate surface area is 123 Å². The number of aryl methyl sites for hydroxylation is 1. The minimum atomic E-state index is 0.737. The molecule has 2 aromatic rings. The van der Waals surface area contributed by atoms with Crippen LogP contribution in [0.1, 0.15) is 31.0 Å². The summed E-state index contributed by atoms with van der Waals surface area (Å²) in [6.45, 7) is 4.85. The summed E-state index contributed by atoms with van der Waals surface area (Å²) in [6.07, 6.45) is 3.95. The van der Waals surface area contributed by atoms with Crippen LogP contribution in [-0.4, -0.2) is 17.8 Å². The van der Waals surface area contributed by atoms with E-state index in [0.29, 0.717) is 0 Å². The van der Waals surface area contributed by atoms with E-state index in [2.05, 4.69) is 22.4 Å². The van der Waals surface area contributed by atoms with Gasteiger partial charge in [0.25, 0.3) is 0 Å². The van der Waals surface area contributed by atoms with Crippen molar-refractivity contribution in [3.63, 3.8) is 0 Å². The molecule has 0 spiro atoms. The van der Waals surface area contributed by atoms with Gasteiger partial charge in [-0.05, 0) is 25.5 Å². The van der Waals surface area contributed by atoms with Crippen molar-refractivity contribution in [1.29, 1.82) is 0 Å². The first-order valence-corrected chi connectivity index (χ1v) is 7.60. The van der Waals surface area contributed by atoms with Crippen LogP contribution in [0.4, 0.5) is 5.13 Å². The first-order chi connectivity index (χ1) is 9.79. The van der Waals surface area contributed by atoms with Crippen molar-refractivity contribution in [2.45, 2.75) is 26.7 Å². The summed E-state index contributed by atoms with van der Waals surface area (Å²) < 4.78 is 5.75. The Morgan fingerprint density at radius 1 is 1.40 bits per heavy atom. The van der Waals surface area contributed by atoms with Crippen molar-refractivity contribution in [2.24, 2.45) is 5.10 Å². The minimum absolute atomic E-state index is 0.737. The van der Waals surface area contributed by atoms with Crippen LogP contribution in [0, 0.1) is 6.92 Å². The maximum atomic E-state index is 5.75. The number of nitrogens with one attached hydrogen (secondary N) is 1. The van der Waals surface area contributed by atoms with Gasteiger partial charge in [0.2, 0.25) is 5.13 Å². The van der Waals surface area contributed by atoms with E-state index in [9.17, 15) is 0 Å². The molecule has 1 N–H and O–H groups in total. The summed E-state index contributed by atoms with van der Waals surface area (Å²) in [5.41, 5.74) is 4.89. The first kappa shape index (κ1) is 14.5. The van der Waals surface area contributed by atoms with Gasteiger partial charge in [-0.25, -0.2) is 4.98 Å². The van der Waals surface area contributed by atoms with Crippen molar-refractivity contribution in [3.8, 4) is 5.75 Å². The molecule has 0 radical (unpaired) electrons. The minimum Gasteiger partial charge on any atom is -0.493 e. The lowest BCUT2D eigenvalue weighted by atomic mass is 10.2. The molecule has 0 saturated heterocycles.